The van der Waals surface area contributed by atoms with Crippen LogP contribution < -0.4 is 4.90 Å². The SMILES string of the molecule is Cc1nsc(-c2nc(N3CCCC3=O)c3n2CCN(C(=O)O)C3C)n1. The van der Waals surface area contributed by atoms with Crippen molar-refractivity contribution in [3.05, 3.63) is 11.5 Å². The molecule has 4 rings (SSSR count). The maximum atomic E-state index is 12.3. The Morgan fingerprint density at radius 3 is 2.68 bits per heavy atom. The predicted octanol–water partition coefficient (Wildman–Crippen LogP) is 1.89. The highest BCUT2D eigenvalue weighted by atomic mass is 32.1. The smallest absolute Gasteiger partial charge is 0.407 e. The van der Waals surface area contributed by atoms with Gasteiger partial charge in [0.1, 0.15) is 5.82 Å². The summed E-state index contributed by atoms with van der Waals surface area (Å²) in [4.78, 5) is 36.0. The van der Waals surface area contributed by atoms with Crippen molar-refractivity contribution in [2.24, 2.45) is 0 Å². The van der Waals surface area contributed by atoms with E-state index in [9.17, 15) is 14.7 Å². The number of carboxylic acid groups (broad SMARTS) is 1. The fraction of sp³-hybridized carbons (Fsp3) is 0.533. The van der Waals surface area contributed by atoms with E-state index in [1.807, 2.05) is 18.4 Å². The summed E-state index contributed by atoms with van der Waals surface area (Å²) >= 11 is 1.26. The predicted molar refractivity (Wildman–Crippen MR) is 90.6 cm³/mol. The number of hydrogen-bond donors (Lipinski definition) is 1. The first kappa shape index (κ1) is 16.0. The number of aryl methyl sites for hydroxylation is 1. The first-order chi connectivity index (χ1) is 12.0. The number of carbonyl (C=O) groups excluding carboxylic acids is 1. The van der Waals surface area contributed by atoms with Crippen LogP contribution in [0.2, 0.25) is 0 Å². The Morgan fingerprint density at radius 1 is 1.28 bits per heavy atom. The molecule has 2 aromatic rings. The monoisotopic (exact) mass is 362 g/mol. The molecule has 25 heavy (non-hydrogen) atoms. The molecule has 1 saturated heterocycles. The van der Waals surface area contributed by atoms with E-state index in [2.05, 4.69) is 9.36 Å². The van der Waals surface area contributed by atoms with Gasteiger partial charge in [0.25, 0.3) is 0 Å². The van der Waals surface area contributed by atoms with Crippen molar-refractivity contribution in [1.82, 2.24) is 23.8 Å². The van der Waals surface area contributed by atoms with Gasteiger partial charge in [-0.25, -0.2) is 14.8 Å². The lowest BCUT2D eigenvalue weighted by Gasteiger charge is -2.33. The zero-order chi connectivity index (χ0) is 17.7. The summed E-state index contributed by atoms with van der Waals surface area (Å²) in [7, 11) is 0. The Kier molecular flexibility index (Phi) is 3.71. The molecular weight excluding hydrogens is 344 g/mol. The van der Waals surface area contributed by atoms with Gasteiger partial charge in [0, 0.05) is 26.1 Å². The molecule has 0 saturated carbocycles. The quantitative estimate of drug-likeness (QED) is 0.875. The van der Waals surface area contributed by atoms with E-state index in [0.29, 0.717) is 48.5 Å². The number of rotatable bonds is 2. The van der Waals surface area contributed by atoms with Crippen LogP contribution in [0.5, 0.6) is 0 Å². The van der Waals surface area contributed by atoms with Crippen LogP contribution in [0.25, 0.3) is 10.8 Å². The number of anilines is 1. The number of carbonyl (C=O) groups is 2. The van der Waals surface area contributed by atoms with Crippen LogP contribution in [0.4, 0.5) is 10.6 Å². The van der Waals surface area contributed by atoms with Crippen molar-refractivity contribution in [3.63, 3.8) is 0 Å². The summed E-state index contributed by atoms with van der Waals surface area (Å²) in [6, 6.07) is -0.384. The highest BCUT2D eigenvalue weighted by Crippen LogP contribution is 2.38. The second-order valence-electron chi connectivity index (χ2n) is 6.24. The van der Waals surface area contributed by atoms with E-state index in [-0.39, 0.29) is 11.9 Å². The maximum absolute atomic E-state index is 12.3. The molecule has 1 fully saturated rings. The van der Waals surface area contributed by atoms with Crippen LogP contribution in [-0.2, 0) is 11.3 Å². The van der Waals surface area contributed by atoms with Crippen molar-refractivity contribution in [2.75, 3.05) is 18.0 Å². The number of fused-ring (bicyclic) bond motifs is 1. The Bertz CT molecular complexity index is 860. The van der Waals surface area contributed by atoms with Crippen LogP contribution in [0.15, 0.2) is 0 Å². The molecule has 0 bridgehead atoms. The first-order valence-corrected chi connectivity index (χ1v) is 8.95. The summed E-state index contributed by atoms with van der Waals surface area (Å²) in [6.07, 6.45) is 0.318. The van der Waals surface area contributed by atoms with Crippen molar-refractivity contribution >= 4 is 29.4 Å². The number of amides is 2. The Balaban J connectivity index is 1.88. The van der Waals surface area contributed by atoms with Crippen molar-refractivity contribution in [3.8, 4) is 10.8 Å². The van der Waals surface area contributed by atoms with Crippen LogP contribution in [0.3, 0.4) is 0 Å². The van der Waals surface area contributed by atoms with Gasteiger partial charge in [-0.2, -0.15) is 4.37 Å². The Morgan fingerprint density at radius 2 is 2.08 bits per heavy atom. The molecule has 0 spiro atoms. The highest BCUT2D eigenvalue weighted by Gasteiger charge is 2.37. The lowest BCUT2D eigenvalue weighted by atomic mass is 10.1. The van der Waals surface area contributed by atoms with Crippen LogP contribution in [0, 0.1) is 6.92 Å². The normalized spacial score (nSPS) is 20.2. The molecule has 0 aromatic carbocycles. The van der Waals surface area contributed by atoms with Gasteiger partial charge in [-0.1, -0.05) is 0 Å². The second-order valence-corrected chi connectivity index (χ2v) is 7.00. The van der Waals surface area contributed by atoms with Gasteiger partial charge in [0.2, 0.25) is 5.91 Å². The van der Waals surface area contributed by atoms with E-state index < -0.39 is 6.09 Å². The average molecular weight is 362 g/mol. The van der Waals surface area contributed by atoms with Crippen LogP contribution >= 0.6 is 11.5 Å². The highest BCUT2D eigenvalue weighted by molar-refractivity contribution is 7.09. The summed E-state index contributed by atoms with van der Waals surface area (Å²) in [5.74, 6) is 1.92. The minimum Gasteiger partial charge on any atom is -0.465 e. The fourth-order valence-electron chi connectivity index (χ4n) is 3.52. The standard InChI is InChI=1S/C15H18N6O3S/c1-8-11-12(20-5-3-4-10(20)22)17-13(14-16-9(2)18-25-14)21(11)7-6-19(8)15(23)24/h8H,3-7H2,1-2H3,(H,23,24). The topological polar surface area (TPSA) is 104 Å². The number of imidazole rings is 1. The number of aromatic nitrogens is 4. The number of nitrogens with zero attached hydrogens (tertiary/aromatic N) is 6. The van der Waals surface area contributed by atoms with Gasteiger partial charge in [-0.15, -0.1) is 0 Å². The number of hydrogen-bond acceptors (Lipinski definition) is 6. The third-order valence-electron chi connectivity index (χ3n) is 4.71. The molecule has 4 heterocycles. The molecule has 1 atom stereocenters. The van der Waals surface area contributed by atoms with E-state index in [1.165, 1.54) is 16.4 Å². The fourth-order valence-corrected chi connectivity index (χ4v) is 4.19. The lowest BCUT2D eigenvalue weighted by molar-refractivity contribution is -0.117. The van der Waals surface area contributed by atoms with Gasteiger partial charge in [0.15, 0.2) is 16.6 Å². The van der Waals surface area contributed by atoms with Gasteiger partial charge < -0.3 is 9.67 Å². The molecule has 2 aromatic heterocycles. The third-order valence-corrected chi connectivity index (χ3v) is 5.51. The Hall–Kier alpha value is -2.49. The van der Waals surface area contributed by atoms with Gasteiger partial charge in [-0.05, 0) is 31.8 Å². The molecule has 0 aliphatic carbocycles. The van der Waals surface area contributed by atoms with Crippen LogP contribution in [-0.4, -0.2) is 54.0 Å². The molecule has 132 valence electrons. The van der Waals surface area contributed by atoms with Gasteiger partial charge in [0.05, 0.1) is 11.7 Å². The molecule has 1 unspecified atom stereocenters. The van der Waals surface area contributed by atoms with Gasteiger partial charge >= 0.3 is 6.09 Å². The largest absolute Gasteiger partial charge is 0.465 e. The summed E-state index contributed by atoms with van der Waals surface area (Å²) in [6.45, 7) is 5.12. The summed E-state index contributed by atoms with van der Waals surface area (Å²) in [5, 5.41) is 10.2. The Labute approximate surface area is 148 Å². The van der Waals surface area contributed by atoms with E-state index in [4.69, 9.17) is 4.98 Å². The summed E-state index contributed by atoms with van der Waals surface area (Å²) < 4.78 is 6.21. The molecule has 10 heteroatoms. The van der Waals surface area contributed by atoms with Gasteiger partial charge in [-0.3, -0.25) is 14.6 Å². The lowest BCUT2D eigenvalue weighted by Crippen LogP contribution is -2.41. The first-order valence-electron chi connectivity index (χ1n) is 8.18. The van der Waals surface area contributed by atoms with E-state index in [0.717, 1.165) is 12.1 Å². The molecule has 1 N–H and O–H groups in total. The average Bonchev–Trinajstić information content (AvgIpc) is 3.25. The maximum Gasteiger partial charge on any atom is 0.407 e. The zero-order valence-corrected chi connectivity index (χ0v) is 14.8. The minimum atomic E-state index is -0.966. The second kappa shape index (κ2) is 5.80. The molecule has 0 radical (unpaired) electrons. The molecule has 2 aliphatic rings. The minimum absolute atomic E-state index is 0.0283. The third kappa shape index (κ3) is 2.48. The van der Waals surface area contributed by atoms with E-state index >= 15 is 0 Å². The van der Waals surface area contributed by atoms with Crippen molar-refractivity contribution < 1.29 is 14.7 Å². The summed E-state index contributed by atoms with van der Waals surface area (Å²) in [5.41, 5.74) is 0.756. The molecule has 2 aliphatic heterocycles. The van der Waals surface area contributed by atoms with E-state index in [1.54, 1.807) is 4.90 Å². The molecular formula is C15H18N6O3S. The zero-order valence-electron chi connectivity index (χ0n) is 14.0. The molecule has 9 nitrogen and oxygen atoms in total. The van der Waals surface area contributed by atoms with Crippen molar-refractivity contribution in [1.29, 1.82) is 0 Å². The van der Waals surface area contributed by atoms with Crippen molar-refractivity contribution in [2.45, 2.75) is 39.3 Å². The molecule has 2 amide bonds. The van der Waals surface area contributed by atoms with Crippen LogP contribution in [0.1, 0.15) is 37.3 Å².